The molecule has 2 aromatic heterocycles. The van der Waals surface area contributed by atoms with Gasteiger partial charge in [-0.3, -0.25) is 4.79 Å². The molecule has 0 aromatic carbocycles. The van der Waals surface area contributed by atoms with Crippen molar-refractivity contribution in [1.82, 2.24) is 14.6 Å². The Morgan fingerprint density at radius 2 is 2.38 bits per heavy atom. The van der Waals surface area contributed by atoms with E-state index in [1.165, 1.54) is 6.33 Å². The Labute approximate surface area is 75.2 Å². The highest BCUT2D eigenvalue weighted by atomic mass is 16.1. The lowest BCUT2D eigenvalue weighted by Crippen LogP contribution is -2.03. The molecule has 4 nitrogen and oxygen atoms in total. The molecule has 0 aliphatic rings. The first-order valence-electron chi connectivity index (χ1n) is 4.04. The Morgan fingerprint density at radius 3 is 3.15 bits per heavy atom. The fourth-order valence-electron chi connectivity index (χ4n) is 1.29. The van der Waals surface area contributed by atoms with E-state index in [0.717, 1.165) is 11.3 Å². The molecule has 0 unspecified atom stereocenters. The summed E-state index contributed by atoms with van der Waals surface area (Å²) in [6.07, 6.45) is 1.89. The van der Waals surface area contributed by atoms with Crippen LogP contribution in [0.4, 0.5) is 0 Å². The summed E-state index contributed by atoms with van der Waals surface area (Å²) in [5.74, 6) is 0.128. The van der Waals surface area contributed by atoms with Gasteiger partial charge in [-0.15, -0.1) is 0 Å². The summed E-state index contributed by atoms with van der Waals surface area (Å²) in [4.78, 5) is 14.9. The zero-order valence-electron chi connectivity index (χ0n) is 7.27. The van der Waals surface area contributed by atoms with Crippen LogP contribution in [0.3, 0.4) is 0 Å². The summed E-state index contributed by atoms with van der Waals surface area (Å²) < 4.78 is 1.68. The lowest BCUT2D eigenvalue weighted by molar-refractivity contribution is -0.116. The molecular formula is C9H9N3O. The van der Waals surface area contributed by atoms with Crippen molar-refractivity contribution in [3.05, 3.63) is 30.2 Å². The topological polar surface area (TPSA) is 47.3 Å². The molecule has 13 heavy (non-hydrogen) atoms. The summed E-state index contributed by atoms with van der Waals surface area (Å²) >= 11 is 0. The van der Waals surface area contributed by atoms with Gasteiger partial charge in [-0.25, -0.2) is 9.50 Å². The normalized spacial score (nSPS) is 10.5. The van der Waals surface area contributed by atoms with Crippen LogP contribution >= 0.6 is 0 Å². The van der Waals surface area contributed by atoms with Crippen molar-refractivity contribution in [2.24, 2.45) is 0 Å². The Balaban J connectivity index is 2.54. The van der Waals surface area contributed by atoms with Crippen LogP contribution in [0.1, 0.15) is 12.6 Å². The van der Waals surface area contributed by atoms with Crippen LogP contribution in [-0.2, 0) is 11.2 Å². The van der Waals surface area contributed by atoms with E-state index in [4.69, 9.17) is 0 Å². The standard InChI is InChI=1S/C9H9N3O/c1-7(13)5-8-3-2-4-9-10-6-11-12(8)9/h2-4,6H,5H2,1H3. The number of fused-ring (bicyclic) bond motifs is 1. The number of Topliss-reactive ketones (excluding diaryl/α,β-unsaturated/α-hetero) is 1. The number of ketones is 1. The Bertz CT molecular complexity index is 447. The highest BCUT2D eigenvalue weighted by Gasteiger charge is 2.03. The quantitative estimate of drug-likeness (QED) is 0.680. The third-order valence-electron chi connectivity index (χ3n) is 1.81. The van der Waals surface area contributed by atoms with E-state index in [1.54, 1.807) is 11.4 Å². The number of pyridine rings is 1. The summed E-state index contributed by atoms with van der Waals surface area (Å²) in [6.45, 7) is 1.57. The molecule has 0 amide bonds. The van der Waals surface area contributed by atoms with Crippen LogP contribution in [-0.4, -0.2) is 20.4 Å². The van der Waals surface area contributed by atoms with Crippen molar-refractivity contribution in [1.29, 1.82) is 0 Å². The SMILES string of the molecule is CC(=O)Cc1cccc2ncnn12. The minimum atomic E-state index is 0.128. The fourth-order valence-corrected chi connectivity index (χ4v) is 1.29. The molecule has 0 bridgehead atoms. The number of hydrogen-bond acceptors (Lipinski definition) is 3. The number of carbonyl (C=O) groups excluding carboxylic acids is 1. The number of aromatic nitrogens is 3. The molecule has 0 fully saturated rings. The van der Waals surface area contributed by atoms with E-state index >= 15 is 0 Å². The van der Waals surface area contributed by atoms with Gasteiger partial charge in [0.15, 0.2) is 5.65 Å². The summed E-state index contributed by atoms with van der Waals surface area (Å²) in [6, 6.07) is 5.61. The Hall–Kier alpha value is -1.71. The van der Waals surface area contributed by atoms with E-state index < -0.39 is 0 Å². The number of hydrogen-bond donors (Lipinski definition) is 0. The summed E-state index contributed by atoms with van der Waals surface area (Å²) in [5, 5.41) is 4.03. The predicted octanol–water partition coefficient (Wildman–Crippen LogP) is 0.861. The van der Waals surface area contributed by atoms with Crippen molar-refractivity contribution >= 4 is 11.4 Å². The predicted molar refractivity (Wildman–Crippen MR) is 47.4 cm³/mol. The zero-order valence-corrected chi connectivity index (χ0v) is 7.27. The molecule has 0 N–H and O–H groups in total. The maximum atomic E-state index is 10.9. The van der Waals surface area contributed by atoms with Gasteiger partial charge in [0.05, 0.1) is 5.69 Å². The van der Waals surface area contributed by atoms with Crippen LogP contribution in [0.15, 0.2) is 24.5 Å². The minimum absolute atomic E-state index is 0.128. The van der Waals surface area contributed by atoms with Crippen molar-refractivity contribution in [2.75, 3.05) is 0 Å². The average molecular weight is 175 g/mol. The van der Waals surface area contributed by atoms with E-state index in [0.29, 0.717) is 6.42 Å². The molecule has 2 heterocycles. The number of nitrogens with zero attached hydrogens (tertiary/aromatic N) is 3. The smallest absolute Gasteiger partial charge is 0.155 e. The number of rotatable bonds is 2. The second kappa shape index (κ2) is 2.97. The average Bonchev–Trinajstić information content (AvgIpc) is 2.51. The van der Waals surface area contributed by atoms with Crippen molar-refractivity contribution in [3.8, 4) is 0 Å². The Morgan fingerprint density at radius 1 is 1.54 bits per heavy atom. The van der Waals surface area contributed by atoms with Crippen LogP contribution in [0.2, 0.25) is 0 Å². The largest absolute Gasteiger partial charge is 0.300 e. The molecule has 0 saturated heterocycles. The van der Waals surface area contributed by atoms with Crippen LogP contribution in [0.5, 0.6) is 0 Å². The van der Waals surface area contributed by atoms with Gasteiger partial charge in [-0.2, -0.15) is 5.10 Å². The first kappa shape index (κ1) is 7.91. The second-order valence-electron chi connectivity index (χ2n) is 2.93. The van der Waals surface area contributed by atoms with Gasteiger partial charge in [-0.1, -0.05) is 6.07 Å². The lowest BCUT2D eigenvalue weighted by Gasteiger charge is -1.99. The maximum absolute atomic E-state index is 10.9. The van der Waals surface area contributed by atoms with Gasteiger partial charge >= 0.3 is 0 Å². The van der Waals surface area contributed by atoms with E-state index in [9.17, 15) is 4.79 Å². The van der Waals surface area contributed by atoms with Crippen LogP contribution < -0.4 is 0 Å². The molecule has 0 atom stereocenters. The minimum Gasteiger partial charge on any atom is -0.300 e. The second-order valence-corrected chi connectivity index (χ2v) is 2.93. The van der Waals surface area contributed by atoms with E-state index in [2.05, 4.69) is 10.1 Å². The van der Waals surface area contributed by atoms with Crippen molar-refractivity contribution in [2.45, 2.75) is 13.3 Å². The fraction of sp³-hybridized carbons (Fsp3) is 0.222. The van der Waals surface area contributed by atoms with Gasteiger partial charge < -0.3 is 0 Å². The molecule has 0 spiro atoms. The third-order valence-corrected chi connectivity index (χ3v) is 1.81. The van der Waals surface area contributed by atoms with E-state index in [-0.39, 0.29) is 5.78 Å². The monoisotopic (exact) mass is 175 g/mol. The van der Waals surface area contributed by atoms with Gasteiger partial charge in [0.1, 0.15) is 12.1 Å². The van der Waals surface area contributed by atoms with Gasteiger partial charge in [-0.05, 0) is 19.1 Å². The number of carbonyl (C=O) groups is 1. The molecule has 0 aliphatic heterocycles. The molecular weight excluding hydrogens is 166 g/mol. The summed E-state index contributed by atoms with van der Waals surface area (Å²) in [7, 11) is 0. The summed E-state index contributed by atoms with van der Waals surface area (Å²) in [5.41, 5.74) is 1.65. The first-order chi connectivity index (χ1) is 6.27. The zero-order chi connectivity index (χ0) is 9.26. The highest BCUT2D eigenvalue weighted by molar-refractivity contribution is 5.77. The molecule has 0 aliphatic carbocycles. The van der Waals surface area contributed by atoms with Gasteiger partial charge in [0.25, 0.3) is 0 Å². The molecule has 66 valence electrons. The molecule has 2 aromatic rings. The van der Waals surface area contributed by atoms with Crippen molar-refractivity contribution in [3.63, 3.8) is 0 Å². The highest BCUT2D eigenvalue weighted by Crippen LogP contribution is 2.04. The first-order valence-corrected chi connectivity index (χ1v) is 4.04. The van der Waals surface area contributed by atoms with Gasteiger partial charge in [0.2, 0.25) is 0 Å². The van der Waals surface area contributed by atoms with Crippen molar-refractivity contribution < 1.29 is 4.79 Å². The van der Waals surface area contributed by atoms with Crippen LogP contribution in [0, 0.1) is 0 Å². The van der Waals surface area contributed by atoms with Crippen LogP contribution in [0.25, 0.3) is 5.65 Å². The van der Waals surface area contributed by atoms with Gasteiger partial charge in [0, 0.05) is 6.42 Å². The lowest BCUT2D eigenvalue weighted by atomic mass is 10.2. The molecule has 4 heteroatoms. The Kier molecular flexibility index (Phi) is 1.81. The molecule has 0 radical (unpaired) electrons. The molecule has 2 rings (SSSR count). The molecule has 0 saturated carbocycles. The third kappa shape index (κ3) is 1.42. The van der Waals surface area contributed by atoms with E-state index in [1.807, 2.05) is 18.2 Å². The maximum Gasteiger partial charge on any atom is 0.155 e.